The van der Waals surface area contributed by atoms with E-state index in [1.54, 1.807) is 17.4 Å². The van der Waals surface area contributed by atoms with Crippen LogP contribution in [0.1, 0.15) is 13.8 Å². The minimum Gasteiger partial charge on any atom is -0.383 e. The van der Waals surface area contributed by atoms with Gasteiger partial charge in [0.05, 0.1) is 10.4 Å². The van der Waals surface area contributed by atoms with E-state index in [1.807, 2.05) is 30.3 Å². The summed E-state index contributed by atoms with van der Waals surface area (Å²) in [5, 5.41) is 5.54. The summed E-state index contributed by atoms with van der Waals surface area (Å²) in [5.41, 5.74) is 1.08. The molecule has 0 atom stereocenters. The molecule has 1 N–H and O–H groups in total. The minimum atomic E-state index is 0.0497. The molecule has 0 aliphatic carbocycles. The Kier molecular flexibility index (Phi) is 5.39. The summed E-state index contributed by atoms with van der Waals surface area (Å²) in [7, 11) is 0. The van der Waals surface area contributed by atoms with Crippen LogP contribution in [-0.2, 0) is 0 Å². The number of fused-ring (bicyclic) bond motifs is 2. The van der Waals surface area contributed by atoms with Crippen LogP contribution in [0.3, 0.4) is 0 Å². The van der Waals surface area contributed by atoms with Gasteiger partial charge >= 0.3 is 0 Å². The van der Waals surface area contributed by atoms with Crippen molar-refractivity contribution in [1.82, 2.24) is 4.90 Å². The van der Waals surface area contributed by atoms with Gasteiger partial charge in [-0.05, 0) is 43.4 Å². The van der Waals surface area contributed by atoms with Crippen molar-refractivity contribution in [2.45, 2.75) is 13.8 Å². The lowest BCUT2D eigenvalue weighted by atomic mass is 10.1. The van der Waals surface area contributed by atoms with Gasteiger partial charge in [-0.25, -0.2) is 0 Å². The van der Waals surface area contributed by atoms with Crippen molar-refractivity contribution in [3.8, 4) is 0 Å². The van der Waals surface area contributed by atoms with E-state index in [-0.39, 0.29) is 5.43 Å². The first-order chi connectivity index (χ1) is 11.6. The van der Waals surface area contributed by atoms with Gasteiger partial charge in [0.25, 0.3) is 0 Å². The Morgan fingerprint density at radius 3 is 2.67 bits per heavy atom. The van der Waals surface area contributed by atoms with Crippen LogP contribution in [0.5, 0.6) is 0 Å². The Hall–Kier alpha value is -1.62. The molecular weight excluding hydrogens is 340 g/mol. The second-order valence-electron chi connectivity index (χ2n) is 5.71. The fraction of sp³-hybridized carbons (Fsp3) is 0.316. The molecule has 0 saturated carbocycles. The molecule has 0 radical (unpaired) electrons. The van der Waals surface area contributed by atoms with Gasteiger partial charge < -0.3 is 10.2 Å². The lowest BCUT2D eigenvalue weighted by Gasteiger charge is -2.18. The Balaban J connectivity index is 1.99. The van der Waals surface area contributed by atoms with Crippen molar-refractivity contribution in [1.29, 1.82) is 0 Å². The molecule has 2 aromatic carbocycles. The predicted molar refractivity (Wildman–Crippen MR) is 107 cm³/mol. The summed E-state index contributed by atoms with van der Waals surface area (Å²) < 4.78 is 1.98. The normalized spacial score (nSPS) is 11.5. The van der Waals surface area contributed by atoms with Gasteiger partial charge in [0, 0.05) is 33.6 Å². The number of nitrogens with zero attached hydrogens (tertiary/aromatic N) is 1. The maximum absolute atomic E-state index is 12.8. The van der Waals surface area contributed by atoms with Gasteiger partial charge in [0.1, 0.15) is 0 Å². The van der Waals surface area contributed by atoms with Crippen molar-refractivity contribution < 1.29 is 0 Å². The summed E-state index contributed by atoms with van der Waals surface area (Å²) in [6, 6.07) is 11.4. The average molecular weight is 361 g/mol. The van der Waals surface area contributed by atoms with E-state index in [9.17, 15) is 4.79 Å². The van der Waals surface area contributed by atoms with Crippen molar-refractivity contribution in [3.63, 3.8) is 0 Å². The molecule has 0 spiro atoms. The number of halogens is 1. The largest absolute Gasteiger partial charge is 0.383 e. The zero-order valence-corrected chi connectivity index (χ0v) is 15.5. The summed E-state index contributed by atoms with van der Waals surface area (Å²) >= 11 is 7.68. The fourth-order valence-corrected chi connectivity index (χ4v) is 4.19. The van der Waals surface area contributed by atoms with E-state index in [0.29, 0.717) is 10.4 Å². The van der Waals surface area contributed by atoms with Gasteiger partial charge in [-0.2, -0.15) is 0 Å². The molecule has 0 aliphatic heterocycles. The highest BCUT2D eigenvalue weighted by atomic mass is 35.5. The number of likely N-dealkylation sites (N-methyl/N-ethyl adjacent to an activating group) is 1. The number of hydrogen-bond acceptors (Lipinski definition) is 4. The van der Waals surface area contributed by atoms with E-state index in [2.05, 4.69) is 24.1 Å². The monoisotopic (exact) mass is 360 g/mol. The molecule has 3 rings (SSSR count). The molecule has 126 valence electrons. The van der Waals surface area contributed by atoms with Gasteiger partial charge in [0.2, 0.25) is 0 Å². The molecule has 1 aromatic heterocycles. The first-order valence-corrected chi connectivity index (χ1v) is 9.44. The Morgan fingerprint density at radius 2 is 1.92 bits per heavy atom. The van der Waals surface area contributed by atoms with Gasteiger partial charge in [-0.1, -0.05) is 31.5 Å². The fourth-order valence-electron chi connectivity index (χ4n) is 2.88. The number of nitrogens with one attached hydrogen (secondary N) is 1. The van der Waals surface area contributed by atoms with Crippen molar-refractivity contribution in [2.75, 3.05) is 31.5 Å². The number of benzene rings is 2. The molecule has 0 bridgehead atoms. The SMILES string of the molecule is CCN(CC)CCNc1cccc2c(=O)c3cc(Cl)ccc3sc12. The van der Waals surface area contributed by atoms with Crippen LogP contribution in [0.4, 0.5) is 5.69 Å². The summed E-state index contributed by atoms with van der Waals surface area (Å²) in [5.74, 6) is 0. The van der Waals surface area contributed by atoms with Crippen LogP contribution < -0.4 is 10.7 Å². The minimum absolute atomic E-state index is 0.0497. The Morgan fingerprint density at radius 1 is 1.12 bits per heavy atom. The van der Waals surface area contributed by atoms with Crippen LogP contribution in [-0.4, -0.2) is 31.1 Å². The van der Waals surface area contributed by atoms with E-state index >= 15 is 0 Å². The molecular formula is C19H21ClN2OS. The third-order valence-corrected chi connectivity index (χ3v) is 5.75. The summed E-state index contributed by atoms with van der Waals surface area (Å²) in [4.78, 5) is 15.2. The lowest BCUT2D eigenvalue weighted by Crippen LogP contribution is -2.28. The standard InChI is InChI=1S/C19H21ClN2OS/c1-3-22(4-2)11-10-21-16-7-5-6-14-18(23)15-12-13(20)8-9-17(15)24-19(14)16/h5-9,12,21H,3-4,10-11H2,1-2H3. The van der Waals surface area contributed by atoms with E-state index in [1.165, 1.54) is 0 Å². The smallest absolute Gasteiger partial charge is 0.195 e. The van der Waals surface area contributed by atoms with E-state index < -0.39 is 0 Å². The van der Waals surface area contributed by atoms with Gasteiger partial charge in [-0.15, -0.1) is 11.3 Å². The molecule has 0 fully saturated rings. The highest BCUT2D eigenvalue weighted by molar-refractivity contribution is 7.25. The van der Waals surface area contributed by atoms with Crippen molar-refractivity contribution >= 4 is 48.8 Å². The highest BCUT2D eigenvalue weighted by Gasteiger charge is 2.10. The second-order valence-corrected chi connectivity index (χ2v) is 7.20. The zero-order valence-electron chi connectivity index (χ0n) is 13.9. The molecule has 0 amide bonds. The van der Waals surface area contributed by atoms with E-state index in [0.717, 1.165) is 46.7 Å². The van der Waals surface area contributed by atoms with Crippen LogP contribution in [0.25, 0.3) is 20.2 Å². The van der Waals surface area contributed by atoms with E-state index in [4.69, 9.17) is 11.6 Å². The van der Waals surface area contributed by atoms with Crippen LogP contribution in [0.2, 0.25) is 5.02 Å². The first kappa shape index (κ1) is 17.2. The second kappa shape index (κ2) is 7.51. The average Bonchev–Trinajstić information content (AvgIpc) is 2.60. The quantitative estimate of drug-likeness (QED) is 0.639. The van der Waals surface area contributed by atoms with Gasteiger partial charge in [-0.3, -0.25) is 4.79 Å². The molecule has 3 aromatic rings. The Labute approximate surface area is 150 Å². The predicted octanol–water partition coefficient (Wildman–Crippen LogP) is 4.82. The van der Waals surface area contributed by atoms with Crippen LogP contribution >= 0.6 is 22.9 Å². The maximum atomic E-state index is 12.8. The van der Waals surface area contributed by atoms with Crippen molar-refractivity contribution in [2.24, 2.45) is 0 Å². The summed E-state index contributed by atoms with van der Waals surface area (Å²) in [6.07, 6.45) is 0. The topological polar surface area (TPSA) is 32.3 Å². The number of rotatable bonds is 6. The third-order valence-electron chi connectivity index (χ3n) is 4.30. The Bertz CT molecular complexity index is 918. The van der Waals surface area contributed by atoms with Crippen LogP contribution in [0.15, 0.2) is 41.2 Å². The third kappa shape index (κ3) is 3.41. The van der Waals surface area contributed by atoms with Crippen LogP contribution in [0, 0.1) is 0 Å². The number of hydrogen-bond donors (Lipinski definition) is 1. The molecule has 1 heterocycles. The zero-order chi connectivity index (χ0) is 17.1. The first-order valence-electron chi connectivity index (χ1n) is 8.25. The molecule has 24 heavy (non-hydrogen) atoms. The molecule has 0 saturated heterocycles. The maximum Gasteiger partial charge on any atom is 0.195 e. The van der Waals surface area contributed by atoms with Crippen molar-refractivity contribution in [3.05, 3.63) is 51.6 Å². The summed E-state index contributed by atoms with van der Waals surface area (Å²) in [6.45, 7) is 8.29. The number of anilines is 1. The highest BCUT2D eigenvalue weighted by Crippen LogP contribution is 2.31. The molecule has 0 unspecified atom stereocenters. The molecule has 5 heteroatoms. The molecule has 3 nitrogen and oxygen atoms in total. The molecule has 0 aliphatic rings. The lowest BCUT2D eigenvalue weighted by molar-refractivity contribution is 0.316. The van der Waals surface area contributed by atoms with Gasteiger partial charge in [0.15, 0.2) is 5.43 Å².